The maximum atomic E-state index is 12.6. The second-order valence-corrected chi connectivity index (χ2v) is 9.98. The molecule has 0 saturated heterocycles. The van der Waals surface area contributed by atoms with Crippen LogP contribution in [-0.2, 0) is 20.0 Å². The molecule has 0 spiro atoms. The molecule has 9 nitrogen and oxygen atoms in total. The van der Waals surface area contributed by atoms with Crippen molar-refractivity contribution >= 4 is 48.7 Å². The molecule has 148 valence electrons. The lowest BCUT2D eigenvalue weighted by atomic mass is 10.2. The van der Waals surface area contributed by atoms with E-state index in [0.29, 0.717) is 12.2 Å². The van der Waals surface area contributed by atoms with Gasteiger partial charge in [-0.25, -0.2) is 26.8 Å². The number of carbonyl (C=O) groups is 1. The second kappa shape index (κ2) is 8.25. The molecule has 1 heterocycles. The zero-order chi connectivity index (χ0) is 20.2. The normalized spacial score (nSPS) is 11.9. The topological polar surface area (TPSA) is 156 Å². The van der Waals surface area contributed by atoms with Gasteiger partial charge in [0, 0.05) is 11.9 Å². The number of rotatable bonds is 9. The number of aromatic carboxylic acids is 1. The average Bonchev–Trinajstić information content (AvgIpc) is 3.06. The van der Waals surface area contributed by atoms with Crippen LogP contribution in [0, 0.1) is 0 Å². The van der Waals surface area contributed by atoms with Gasteiger partial charge in [0.15, 0.2) is 0 Å². The van der Waals surface area contributed by atoms with Gasteiger partial charge in [-0.15, -0.1) is 11.3 Å². The van der Waals surface area contributed by atoms with Crippen molar-refractivity contribution in [3.8, 4) is 0 Å². The smallest absolute Gasteiger partial charge is 0.336 e. The Labute approximate surface area is 161 Å². The summed E-state index contributed by atoms with van der Waals surface area (Å²) in [6, 6.07) is 4.84. The third kappa shape index (κ3) is 5.42. The lowest BCUT2D eigenvalue weighted by Gasteiger charge is -2.14. The molecule has 12 heteroatoms. The first kappa shape index (κ1) is 21.2. The van der Waals surface area contributed by atoms with Crippen molar-refractivity contribution in [3.63, 3.8) is 0 Å². The molecule has 27 heavy (non-hydrogen) atoms. The SMILES string of the molecule is CCCCNc1ccc(S(N)(=O)=O)cc1NS(=O)(=O)c1cc(C(=O)O)cs1. The van der Waals surface area contributed by atoms with Gasteiger partial charge in [0.1, 0.15) is 4.21 Å². The van der Waals surface area contributed by atoms with Crippen LogP contribution < -0.4 is 15.2 Å². The van der Waals surface area contributed by atoms with Crippen molar-refractivity contribution in [1.82, 2.24) is 0 Å². The van der Waals surface area contributed by atoms with Gasteiger partial charge in [-0.1, -0.05) is 13.3 Å². The van der Waals surface area contributed by atoms with Crippen LogP contribution in [0.3, 0.4) is 0 Å². The number of thiophene rings is 1. The van der Waals surface area contributed by atoms with Crippen LogP contribution in [0.5, 0.6) is 0 Å². The molecule has 0 aliphatic carbocycles. The fourth-order valence-corrected chi connectivity index (χ4v) is 4.87. The summed E-state index contributed by atoms with van der Waals surface area (Å²) in [5, 5.41) is 18.3. The molecular weight excluding hydrogens is 414 g/mol. The van der Waals surface area contributed by atoms with Crippen LogP contribution in [0.2, 0.25) is 0 Å². The van der Waals surface area contributed by atoms with Crippen molar-refractivity contribution in [1.29, 1.82) is 0 Å². The molecule has 0 amide bonds. The molecule has 0 saturated carbocycles. The number of carboxylic acid groups (broad SMARTS) is 1. The van der Waals surface area contributed by atoms with Gasteiger partial charge in [-0.05, 0) is 30.7 Å². The number of hydrogen-bond donors (Lipinski definition) is 4. The summed E-state index contributed by atoms with van der Waals surface area (Å²) in [7, 11) is -8.14. The minimum absolute atomic E-state index is 0.00269. The molecule has 0 atom stereocenters. The number of nitrogens with two attached hydrogens (primary N) is 1. The van der Waals surface area contributed by atoms with E-state index >= 15 is 0 Å². The van der Waals surface area contributed by atoms with E-state index < -0.39 is 26.0 Å². The van der Waals surface area contributed by atoms with Crippen LogP contribution in [0.25, 0.3) is 0 Å². The summed E-state index contributed by atoms with van der Waals surface area (Å²) < 4.78 is 50.4. The maximum Gasteiger partial charge on any atom is 0.336 e. The van der Waals surface area contributed by atoms with Gasteiger partial charge >= 0.3 is 5.97 Å². The van der Waals surface area contributed by atoms with Gasteiger partial charge in [-0.2, -0.15) is 0 Å². The first-order chi connectivity index (χ1) is 12.5. The highest BCUT2D eigenvalue weighted by Gasteiger charge is 2.21. The minimum atomic E-state index is -4.11. The Hall–Kier alpha value is -2.15. The van der Waals surface area contributed by atoms with E-state index in [0.717, 1.165) is 36.3 Å². The van der Waals surface area contributed by atoms with Gasteiger partial charge < -0.3 is 10.4 Å². The predicted molar refractivity (Wildman–Crippen MR) is 103 cm³/mol. The number of unbranched alkanes of at least 4 members (excludes halogenated alkanes) is 1. The van der Waals surface area contributed by atoms with E-state index in [2.05, 4.69) is 10.0 Å². The van der Waals surface area contributed by atoms with Gasteiger partial charge in [0.05, 0.1) is 21.8 Å². The number of hydrogen-bond acceptors (Lipinski definition) is 7. The number of sulfonamides is 2. The van der Waals surface area contributed by atoms with Crippen molar-refractivity contribution in [2.75, 3.05) is 16.6 Å². The molecular formula is C15H19N3O6S3. The zero-order valence-corrected chi connectivity index (χ0v) is 16.7. The summed E-state index contributed by atoms with van der Waals surface area (Å²) in [4.78, 5) is 10.7. The molecule has 2 rings (SSSR count). The third-order valence-corrected chi connectivity index (χ3v) is 7.21. The second-order valence-electron chi connectivity index (χ2n) is 5.60. The summed E-state index contributed by atoms with van der Waals surface area (Å²) in [6.45, 7) is 2.55. The number of nitrogens with one attached hydrogen (secondary N) is 2. The number of primary sulfonamides is 1. The predicted octanol–water partition coefficient (Wildman–Crippen LogP) is 2.11. The molecule has 0 fully saturated rings. The first-order valence-electron chi connectivity index (χ1n) is 7.80. The van der Waals surface area contributed by atoms with Crippen molar-refractivity contribution in [2.24, 2.45) is 5.14 Å². The molecule has 0 radical (unpaired) electrons. The summed E-state index contributed by atoms with van der Waals surface area (Å²) >= 11 is 0.747. The monoisotopic (exact) mass is 433 g/mol. The Kier molecular flexibility index (Phi) is 6.46. The highest BCUT2D eigenvalue weighted by atomic mass is 32.2. The van der Waals surface area contributed by atoms with Crippen molar-refractivity contribution in [2.45, 2.75) is 28.9 Å². The van der Waals surface area contributed by atoms with Gasteiger partial charge in [0.25, 0.3) is 10.0 Å². The van der Waals surface area contributed by atoms with E-state index in [-0.39, 0.29) is 20.4 Å². The van der Waals surface area contributed by atoms with E-state index in [1.165, 1.54) is 17.5 Å². The molecule has 5 N–H and O–H groups in total. The van der Waals surface area contributed by atoms with Crippen LogP contribution in [0.15, 0.2) is 38.8 Å². The van der Waals surface area contributed by atoms with E-state index in [9.17, 15) is 21.6 Å². The van der Waals surface area contributed by atoms with Gasteiger partial charge in [-0.3, -0.25) is 4.72 Å². The van der Waals surface area contributed by atoms with Crippen LogP contribution in [0.1, 0.15) is 30.1 Å². The Balaban J connectivity index is 2.42. The molecule has 0 aliphatic heterocycles. The lowest BCUT2D eigenvalue weighted by Crippen LogP contribution is -2.16. The largest absolute Gasteiger partial charge is 0.478 e. The molecule has 0 unspecified atom stereocenters. The minimum Gasteiger partial charge on any atom is -0.478 e. The molecule has 0 bridgehead atoms. The number of benzene rings is 1. The Morgan fingerprint density at radius 3 is 2.44 bits per heavy atom. The zero-order valence-electron chi connectivity index (χ0n) is 14.3. The van der Waals surface area contributed by atoms with E-state index in [1.54, 1.807) is 0 Å². The fraction of sp³-hybridized carbons (Fsp3) is 0.267. The van der Waals surface area contributed by atoms with Crippen molar-refractivity contribution in [3.05, 3.63) is 35.2 Å². The molecule has 2 aromatic rings. The molecule has 1 aromatic heterocycles. The summed E-state index contributed by atoms with van der Waals surface area (Å²) in [5.74, 6) is -1.24. The Morgan fingerprint density at radius 2 is 1.89 bits per heavy atom. The molecule has 1 aromatic carbocycles. The van der Waals surface area contributed by atoms with Crippen LogP contribution in [-0.4, -0.2) is 34.5 Å². The Morgan fingerprint density at radius 1 is 1.19 bits per heavy atom. The Bertz CT molecular complexity index is 1040. The van der Waals surface area contributed by atoms with Crippen molar-refractivity contribution < 1.29 is 26.7 Å². The fourth-order valence-electron chi connectivity index (χ4n) is 2.10. The van der Waals surface area contributed by atoms with Gasteiger partial charge in [0.2, 0.25) is 10.0 Å². The quantitative estimate of drug-likeness (QED) is 0.441. The maximum absolute atomic E-state index is 12.6. The summed E-state index contributed by atoms with van der Waals surface area (Å²) in [5.41, 5.74) is 0.234. The summed E-state index contributed by atoms with van der Waals surface area (Å²) in [6.07, 6.45) is 1.74. The third-order valence-electron chi connectivity index (χ3n) is 3.50. The highest BCUT2D eigenvalue weighted by Crippen LogP contribution is 2.29. The molecule has 0 aliphatic rings. The van der Waals surface area contributed by atoms with E-state index in [4.69, 9.17) is 10.2 Å². The first-order valence-corrected chi connectivity index (χ1v) is 11.7. The number of carboxylic acids is 1. The highest BCUT2D eigenvalue weighted by molar-refractivity contribution is 7.94. The average molecular weight is 434 g/mol. The van der Waals surface area contributed by atoms with Crippen LogP contribution in [0.4, 0.5) is 11.4 Å². The lowest BCUT2D eigenvalue weighted by molar-refractivity contribution is 0.0697. The number of anilines is 2. The van der Waals surface area contributed by atoms with E-state index in [1.807, 2.05) is 6.92 Å². The van der Waals surface area contributed by atoms with Crippen LogP contribution >= 0.6 is 11.3 Å². The standard InChI is InChI=1S/C15H19N3O6S3/c1-2-3-6-17-12-5-4-11(26(16,21)22)8-13(12)18-27(23,24)14-7-10(9-25-14)15(19)20/h4-5,7-9,17-18H,2-3,6H2,1H3,(H,19,20)(H2,16,21,22).